The number of carbonyl (C=O) groups excluding carboxylic acids is 1. The maximum atomic E-state index is 12.5. The Balaban J connectivity index is 2.09. The molecule has 0 aromatic heterocycles. The molecule has 0 atom stereocenters. The predicted molar refractivity (Wildman–Crippen MR) is 82.1 cm³/mol. The highest BCUT2D eigenvalue weighted by Crippen LogP contribution is 2.28. The van der Waals surface area contributed by atoms with Gasteiger partial charge in [0.2, 0.25) is 0 Å². The maximum absolute atomic E-state index is 12.5. The molecule has 1 heterocycles. The molecule has 1 saturated heterocycles. The number of ether oxygens (including phenoxy) is 2. The molecule has 5 heteroatoms. The Morgan fingerprint density at radius 3 is 2.62 bits per heavy atom. The minimum absolute atomic E-state index is 0.0610. The fourth-order valence-electron chi connectivity index (χ4n) is 2.63. The molecule has 2 rings (SSSR count). The fourth-order valence-corrected chi connectivity index (χ4v) is 2.63. The summed E-state index contributed by atoms with van der Waals surface area (Å²) in [6.45, 7) is 4.07. The molecule has 1 aromatic carbocycles. The number of benzene rings is 1. The van der Waals surface area contributed by atoms with E-state index in [1.807, 2.05) is 18.9 Å². The summed E-state index contributed by atoms with van der Waals surface area (Å²) >= 11 is 0. The zero-order valence-electron chi connectivity index (χ0n) is 13.0. The number of hydrogen-bond donors (Lipinski definition) is 1. The summed E-state index contributed by atoms with van der Waals surface area (Å²) in [6.07, 6.45) is 1.99. The van der Waals surface area contributed by atoms with E-state index in [2.05, 4.69) is 5.32 Å². The van der Waals surface area contributed by atoms with Crippen molar-refractivity contribution in [2.75, 3.05) is 33.9 Å². The third kappa shape index (κ3) is 3.67. The highest BCUT2D eigenvalue weighted by molar-refractivity contribution is 5.95. The lowest BCUT2D eigenvalue weighted by Crippen LogP contribution is -2.43. The second-order valence-electron chi connectivity index (χ2n) is 5.15. The Morgan fingerprint density at radius 1 is 1.33 bits per heavy atom. The van der Waals surface area contributed by atoms with Crippen LogP contribution in [0.1, 0.15) is 30.1 Å². The number of piperidine rings is 1. The molecule has 1 N–H and O–H groups in total. The minimum atomic E-state index is 0.0610. The summed E-state index contributed by atoms with van der Waals surface area (Å²) in [5, 5.41) is 3.27. The van der Waals surface area contributed by atoms with Gasteiger partial charge in [0.05, 0.1) is 13.7 Å². The standard InChI is InChI=1S/C16H24N2O3/c1-4-21-14-6-5-12(11-15(14)20-3)16(19)18-9-7-13(17-2)8-10-18/h5-6,11,13,17H,4,7-10H2,1-3H3. The number of likely N-dealkylation sites (tertiary alicyclic amines) is 1. The van der Waals surface area contributed by atoms with E-state index < -0.39 is 0 Å². The molecule has 0 radical (unpaired) electrons. The van der Waals surface area contributed by atoms with Crippen LogP contribution in [0.2, 0.25) is 0 Å². The molecular weight excluding hydrogens is 268 g/mol. The molecule has 1 aliphatic heterocycles. The molecule has 0 bridgehead atoms. The van der Waals surface area contributed by atoms with Crippen LogP contribution in [0.15, 0.2) is 18.2 Å². The van der Waals surface area contributed by atoms with Crippen molar-refractivity contribution in [3.8, 4) is 11.5 Å². The molecular formula is C16H24N2O3. The van der Waals surface area contributed by atoms with Crippen molar-refractivity contribution in [1.82, 2.24) is 10.2 Å². The maximum Gasteiger partial charge on any atom is 0.253 e. The second kappa shape index (κ2) is 7.31. The Morgan fingerprint density at radius 2 is 2.05 bits per heavy atom. The summed E-state index contributed by atoms with van der Waals surface area (Å²) in [4.78, 5) is 14.4. The third-order valence-corrected chi connectivity index (χ3v) is 3.90. The second-order valence-corrected chi connectivity index (χ2v) is 5.15. The van der Waals surface area contributed by atoms with Crippen LogP contribution < -0.4 is 14.8 Å². The van der Waals surface area contributed by atoms with Gasteiger partial charge in [0, 0.05) is 24.7 Å². The summed E-state index contributed by atoms with van der Waals surface area (Å²) in [5.41, 5.74) is 0.651. The van der Waals surface area contributed by atoms with Crippen molar-refractivity contribution in [3.63, 3.8) is 0 Å². The van der Waals surface area contributed by atoms with Crippen molar-refractivity contribution in [3.05, 3.63) is 23.8 Å². The molecule has 0 aliphatic carbocycles. The third-order valence-electron chi connectivity index (χ3n) is 3.90. The van der Waals surface area contributed by atoms with E-state index in [1.54, 1.807) is 25.3 Å². The molecule has 0 saturated carbocycles. The van der Waals surface area contributed by atoms with Gasteiger partial charge in [-0.2, -0.15) is 0 Å². The molecule has 1 amide bonds. The predicted octanol–water partition coefficient (Wildman–Crippen LogP) is 1.92. The molecule has 1 fully saturated rings. The number of nitrogens with one attached hydrogen (secondary N) is 1. The summed E-state index contributed by atoms with van der Waals surface area (Å²) < 4.78 is 10.8. The van der Waals surface area contributed by atoms with Crippen LogP contribution >= 0.6 is 0 Å². The van der Waals surface area contributed by atoms with Crippen LogP contribution in [0.25, 0.3) is 0 Å². The molecule has 1 aliphatic rings. The van der Waals surface area contributed by atoms with Crippen LogP contribution in [-0.4, -0.2) is 50.7 Å². The molecule has 0 spiro atoms. The van der Waals surface area contributed by atoms with Crippen molar-refractivity contribution < 1.29 is 14.3 Å². The number of amides is 1. The minimum Gasteiger partial charge on any atom is -0.493 e. The van der Waals surface area contributed by atoms with Gasteiger partial charge in [0.25, 0.3) is 5.91 Å². The summed E-state index contributed by atoms with van der Waals surface area (Å²) in [6, 6.07) is 5.89. The first-order valence-corrected chi connectivity index (χ1v) is 7.47. The van der Waals surface area contributed by atoms with Crippen LogP contribution in [0, 0.1) is 0 Å². The quantitative estimate of drug-likeness (QED) is 0.901. The number of nitrogens with zero attached hydrogens (tertiary/aromatic N) is 1. The van der Waals surface area contributed by atoms with Crippen molar-refractivity contribution >= 4 is 5.91 Å². The van der Waals surface area contributed by atoms with E-state index in [0.717, 1.165) is 25.9 Å². The Bertz CT molecular complexity index is 482. The highest BCUT2D eigenvalue weighted by Gasteiger charge is 2.23. The van der Waals surface area contributed by atoms with Crippen LogP contribution in [0.3, 0.4) is 0 Å². The fraction of sp³-hybridized carbons (Fsp3) is 0.562. The van der Waals surface area contributed by atoms with Crippen molar-refractivity contribution in [1.29, 1.82) is 0 Å². The van der Waals surface area contributed by atoms with Gasteiger partial charge in [0.1, 0.15) is 0 Å². The van der Waals surface area contributed by atoms with Gasteiger partial charge >= 0.3 is 0 Å². The normalized spacial score (nSPS) is 15.9. The molecule has 0 unspecified atom stereocenters. The van der Waals surface area contributed by atoms with E-state index in [0.29, 0.717) is 29.7 Å². The first-order valence-electron chi connectivity index (χ1n) is 7.47. The lowest BCUT2D eigenvalue weighted by molar-refractivity contribution is 0.0707. The van der Waals surface area contributed by atoms with Gasteiger partial charge in [-0.15, -0.1) is 0 Å². The summed E-state index contributed by atoms with van der Waals surface area (Å²) in [5.74, 6) is 1.34. The number of carbonyl (C=O) groups is 1. The molecule has 1 aromatic rings. The van der Waals surface area contributed by atoms with E-state index in [9.17, 15) is 4.79 Å². The van der Waals surface area contributed by atoms with Crippen molar-refractivity contribution in [2.45, 2.75) is 25.8 Å². The van der Waals surface area contributed by atoms with Crippen LogP contribution in [0.4, 0.5) is 0 Å². The highest BCUT2D eigenvalue weighted by atomic mass is 16.5. The van der Waals surface area contributed by atoms with E-state index in [1.165, 1.54) is 0 Å². The topological polar surface area (TPSA) is 50.8 Å². The van der Waals surface area contributed by atoms with Crippen LogP contribution in [0.5, 0.6) is 11.5 Å². The number of hydrogen-bond acceptors (Lipinski definition) is 4. The zero-order chi connectivity index (χ0) is 15.2. The van der Waals surface area contributed by atoms with Gasteiger partial charge in [-0.1, -0.05) is 0 Å². The van der Waals surface area contributed by atoms with E-state index in [-0.39, 0.29) is 5.91 Å². The first-order chi connectivity index (χ1) is 10.2. The Labute approximate surface area is 126 Å². The van der Waals surface area contributed by atoms with Gasteiger partial charge in [0.15, 0.2) is 11.5 Å². The first kappa shape index (κ1) is 15.6. The SMILES string of the molecule is CCOc1ccc(C(=O)N2CCC(NC)CC2)cc1OC. The van der Waals surface area contributed by atoms with E-state index in [4.69, 9.17) is 9.47 Å². The molecule has 5 nitrogen and oxygen atoms in total. The lowest BCUT2D eigenvalue weighted by atomic mass is 10.0. The molecule has 116 valence electrons. The van der Waals surface area contributed by atoms with Crippen molar-refractivity contribution in [2.24, 2.45) is 0 Å². The zero-order valence-corrected chi connectivity index (χ0v) is 13.0. The van der Waals surface area contributed by atoms with Gasteiger partial charge in [-0.3, -0.25) is 4.79 Å². The number of rotatable bonds is 5. The largest absolute Gasteiger partial charge is 0.493 e. The Hall–Kier alpha value is -1.75. The average molecular weight is 292 g/mol. The lowest BCUT2D eigenvalue weighted by Gasteiger charge is -2.32. The number of methoxy groups -OCH3 is 1. The van der Waals surface area contributed by atoms with Gasteiger partial charge in [-0.05, 0) is 45.0 Å². The monoisotopic (exact) mass is 292 g/mol. The molecule has 21 heavy (non-hydrogen) atoms. The van der Waals surface area contributed by atoms with E-state index >= 15 is 0 Å². The summed E-state index contributed by atoms with van der Waals surface area (Å²) in [7, 11) is 3.56. The smallest absolute Gasteiger partial charge is 0.253 e. The van der Waals surface area contributed by atoms with Gasteiger partial charge < -0.3 is 19.7 Å². The Kier molecular flexibility index (Phi) is 5.44. The average Bonchev–Trinajstić information content (AvgIpc) is 2.55. The van der Waals surface area contributed by atoms with Crippen LogP contribution in [-0.2, 0) is 0 Å². The van der Waals surface area contributed by atoms with Gasteiger partial charge in [-0.25, -0.2) is 0 Å².